The summed E-state index contributed by atoms with van der Waals surface area (Å²) in [6.07, 6.45) is 2.31. The topological polar surface area (TPSA) is 76.1 Å². The Bertz CT molecular complexity index is 604. The molecule has 1 aliphatic carbocycles. The molecule has 1 unspecified atom stereocenters. The third kappa shape index (κ3) is 3.47. The average molecular weight is 333 g/mol. The fourth-order valence-electron chi connectivity index (χ4n) is 3.49. The number of hydrogen-bond acceptors (Lipinski definition) is 4. The average Bonchev–Trinajstić information content (AvgIpc) is 3.29. The number of carboxylic acid groups (broad SMARTS) is 1. The number of carbonyl (C=O) groups is 2. The Kier molecular flexibility index (Phi) is 4.64. The minimum absolute atomic E-state index is 0.00331. The Balaban J connectivity index is 1.44. The van der Waals surface area contributed by atoms with Crippen molar-refractivity contribution in [3.05, 3.63) is 24.3 Å². The summed E-state index contributed by atoms with van der Waals surface area (Å²) in [7, 11) is 0. The Hall–Kier alpha value is -2.24. The number of carboxylic acids is 1. The number of rotatable bonds is 6. The summed E-state index contributed by atoms with van der Waals surface area (Å²) in [5.41, 5.74) is -0.0570. The highest BCUT2D eigenvalue weighted by molar-refractivity contribution is 5.78. The molecule has 1 N–H and O–H groups in total. The molecule has 0 radical (unpaired) electrons. The number of hydrogen-bond donors (Lipinski definition) is 1. The molecule has 1 atom stereocenters. The van der Waals surface area contributed by atoms with Gasteiger partial charge in [-0.25, -0.2) is 0 Å². The summed E-state index contributed by atoms with van der Waals surface area (Å²) in [4.78, 5) is 25.1. The van der Waals surface area contributed by atoms with Crippen LogP contribution in [0.25, 0.3) is 0 Å². The zero-order valence-electron chi connectivity index (χ0n) is 13.9. The summed E-state index contributed by atoms with van der Waals surface area (Å²) < 4.78 is 10.9. The lowest BCUT2D eigenvalue weighted by atomic mass is 9.91. The minimum Gasteiger partial charge on any atom is -0.494 e. The van der Waals surface area contributed by atoms with Crippen molar-refractivity contribution >= 4 is 11.9 Å². The highest BCUT2D eigenvalue weighted by Gasteiger charge is 2.59. The monoisotopic (exact) mass is 333 g/mol. The third-order valence-corrected chi connectivity index (χ3v) is 5.10. The van der Waals surface area contributed by atoms with E-state index >= 15 is 0 Å². The summed E-state index contributed by atoms with van der Waals surface area (Å²) in [5, 5.41) is 9.10. The van der Waals surface area contributed by atoms with Gasteiger partial charge in [-0.3, -0.25) is 9.59 Å². The van der Waals surface area contributed by atoms with E-state index in [1.807, 2.05) is 19.1 Å². The van der Waals surface area contributed by atoms with E-state index in [1.165, 1.54) is 0 Å². The number of carbonyl (C=O) groups excluding carboxylic acids is 1. The van der Waals surface area contributed by atoms with Crippen molar-refractivity contribution in [1.82, 2.24) is 4.90 Å². The van der Waals surface area contributed by atoms with Gasteiger partial charge in [-0.2, -0.15) is 0 Å². The molecule has 0 aromatic heterocycles. The zero-order valence-corrected chi connectivity index (χ0v) is 13.9. The fourth-order valence-corrected chi connectivity index (χ4v) is 3.49. The molecule has 6 heteroatoms. The third-order valence-electron chi connectivity index (χ3n) is 5.10. The number of aliphatic carboxylic acids is 1. The predicted molar refractivity (Wildman–Crippen MR) is 87.1 cm³/mol. The number of piperidine rings is 1. The Morgan fingerprint density at radius 1 is 1.17 bits per heavy atom. The second kappa shape index (κ2) is 6.71. The van der Waals surface area contributed by atoms with Crippen molar-refractivity contribution in [2.24, 2.45) is 11.3 Å². The second-order valence-electron chi connectivity index (χ2n) is 6.53. The van der Waals surface area contributed by atoms with Crippen LogP contribution in [-0.4, -0.2) is 48.2 Å². The fraction of sp³-hybridized carbons (Fsp3) is 0.556. The largest absolute Gasteiger partial charge is 0.494 e. The van der Waals surface area contributed by atoms with Crippen LogP contribution < -0.4 is 9.47 Å². The molecule has 1 saturated carbocycles. The van der Waals surface area contributed by atoms with Gasteiger partial charge < -0.3 is 19.5 Å². The molecular formula is C18H23NO5. The van der Waals surface area contributed by atoms with E-state index in [0.29, 0.717) is 25.4 Å². The first-order chi connectivity index (χ1) is 11.5. The van der Waals surface area contributed by atoms with E-state index in [9.17, 15) is 9.59 Å². The lowest BCUT2D eigenvalue weighted by molar-refractivity contribution is -0.140. The number of nitrogens with zero attached hydrogens (tertiary/aromatic N) is 1. The van der Waals surface area contributed by atoms with E-state index in [1.54, 1.807) is 17.0 Å². The maximum Gasteiger partial charge on any atom is 0.307 e. The summed E-state index contributed by atoms with van der Waals surface area (Å²) in [6, 6.07) is 7.19. The van der Waals surface area contributed by atoms with Crippen LogP contribution in [0.1, 0.15) is 26.2 Å². The van der Waals surface area contributed by atoms with Gasteiger partial charge in [0.2, 0.25) is 0 Å². The van der Waals surface area contributed by atoms with Crippen molar-refractivity contribution < 1.29 is 24.2 Å². The lowest BCUT2D eigenvalue weighted by Gasteiger charge is -2.32. The first-order valence-electron chi connectivity index (χ1n) is 8.40. The number of amides is 1. The smallest absolute Gasteiger partial charge is 0.307 e. The van der Waals surface area contributed by atoms with Gasteiger partial charge in [-0.15, -0.1) is 0 Å². The Labute approximate surface area is 141 Å². The maximum absolute atomic E-state index is 12.2. The van der Waals surface area contributed by atoms with Gasteiger partial charge >= 0.3 is 5.97 Å². The zero-order chi connectivity index (χ0) is 17.2. The van der Waals surface area contributed by atoms with Crippen LogP contribution in [0.15, 0.2) is 24.3 Å². The van der Waals surface area contributed by atoms with E-state index in [4.69, 9.17) is 14.6 Å². The van der Waals surface area contributed by atoms with E-state index in [0.717, 1.165) is 25.0 Å². The van der Waals surface area contributed by atoms with E-state index in [-0.39, 0.29) is 23.8 Å². The predicted octanol–water partition coefficient (Wildman–Crippen LogP) is 2.18. The summed E-state index contributed by atoms with van der Waals surface area (Å²) in [5.74, 6) is 0.443. The van der Waals surface area contributed by atoms with Gasteiger partial charge in [-0.1, -0.05) is 0 Å². The number of ether oxygens (including phenoxy) is 2. The molecule has 130 valence electrons. The highest BCUT2D eigenvalue weighted by atomic mass is 16.5. The van der Waals surface area contributed by atoms with Crippen LogP contribution in [-0.2, 0) is 9.59 Å². The van der Waals surface area contributed by atoms with Crippen LogP contribution in [0.2, 0.25) is 0 Å². The molecule has 2 fully saturated rings. The normalized spacial score (nSPS) is 21.4. The standard InChI is InChI=1S/C18H23NO5/c1-2-23-13-3-5-14(6-4-13)24-12-16(20)19-9-7-18(8-10-19)11-15(18)17(21)22/h3-6,15H,2,7-12H2,1H3,(H,21,22). The van der Waals surface area contributed by atoms with Crippen molar-refractivity contribution in [2.45, 2.75) is 26.2 Å². The van der Waals surface area contributed by atoms with Crippen LogP contribution in [0, 0.1) is 11.3 Å². The van der Waals surface area contributed by atoms with Crippen molar-refractivity contribution in [2.75, 3.05) is 26.3 Å². The van der Waals surface area contributed by atoms with Crippen LogP contribution in [0.5, 0.6) is 11.5 Å². The minimum atomic E-state index is -0.700. The molecule has 1 aromatic rings. The van der Waals surface area contributed by atoms with Gasteiger partial charge in [-0.05, 0) is 55.9 Å². The van der Waals surface area contributed by atoms with Gasteiger partial charge in [0.25, 0.3) is 5.91 Å². The molecule has 1 aromatic carbocycles. The molecule has 3 rings (SSSR count). The Morgan fingerprint density at radius 3 is 2.25 bits per heavy atom. The van der Waals surface area contributed by atoms with Crippen molar-refractivity contribution in [3.8, 4) is 11.5 Å². The molecule has 24 heavy (non-hydrogen) atoms. The van der Waals surface area contributed by atoms with Gasteiger partial charge in [0.1, 0.15) is 11.5 Å². The van der Waals surface area contributed by atoms with Crippen LogP contribution in [0.4, 0.5) is 0 Å². The molecule has 0 bridgehead atoms. The summed E-state index contributed by atoms with van der Waals surface area (Å²) >= 11 is 0. The van der Waals surface area contributed by atoms with Gasteiger partial charge in [0.05, 0.1) is 12.5 Å². The molecule has 1 heterocycles. The summed E-state index contributed by atoms with van der Waals surface area (Å²) in [6.45, 7) is 3.78. The van der Waals surface area contributed by atoms with E-state index < -0.39 is 5.97 Å². The molecule has 1 spiro atoms. The quantitative estimate of drug-likeness (QED) is 0.863. The maximum atomic E-state index is 12.2. The first kappa shape index (κ1) is 16.6. The number of likely N-dealkylation sites (tertiary alicyclic amines) is 1. The van der Waals surface area contributed by atoms with Crippen molar-refractivity contribution in [1.29, 1.82) is 0 Å². The SMILES string of the molecule is CCOc1ccc(OCC(=O)N2CCC3(CC2)CC3C(=O)O)cc1. The molecule has 6 nitrogen and oxygen atoms in total. The molecular weight excluding hydrogens is 310 g/mol. The van der Waals surface area contributed by atoms with E-state index in [2.05, 4.69) is 0 Å². The first-order valence-corrected chi connectivity index (χ1v) is 8.40. The number of benzene rings is 1. The van der Waals surface area contributed by atoms with Gasteiger partial charge in [0, 0.05) is 13.1 Å². The van der Waals surface area contributed by atoms with Gasteiger partial charge in [0.15, 0.2) is 6.61 Å². The van der Waals surface area contributed by atoms with Crippen molar-refractivity contribution in [3.63, 3.8) is 0 Å². The van der Waals surface area contributed by atoms with Crippen LogP contribution in [0.3, 0.4) is 0 Å². The van der Waals surface area contributed by atoms with Crippen LogP contribution >= 0.6 is 0 Å². The molecule has 1 aliphatic heterocycles. The highest BCUT2D eigenvalue weighted by Crippen LogP contribution is 2.59. The molecule has 2 aliphatic rings. The Morgan fingerprint density at radius 2 is 1.75 bits per heavy atom. The molecule has 1 saturated heterocycles. The lowest BCUT2D eigenvalue weighted by Crippen LogP contribution is -2.42. The molecule has 1 amide bonds. The second-order valence-corrected chi connectivity index (χ2v) is 6.53.